The number of amides is 1. The van der Waals surface area contributed by atoms with Gasteiger partial charge in [-0.1, -0.05) is 54.6 Å². The predicted octanol–water partition coefficient (Wildman–Crippen LogP) is 4.38. The third-order valence-corrected chi connectivity index (χ3v) is 7.55. The van der Waals surface area contributed by atoms with Gasteiger partial charge in [-0.05, 0) is 36.1 Å². The average Bonchev–Trinajstić information content (AvgIpc) is 3.35. The van der Waals surface area contributed by atoms with Crippen LogP contribution in [0.2, 0.25) is 0 Å². The van der Waals surface area contributed by atoms with Gasteiger partial charge in [0.05, 0.1) is 18.2 Å². The highest BCUT2D eigenvalue weighted by Crippen LogP contribution is 2.39. The Morgan fingerprint density at radius 2 is 1.68 bits per heavy atom. The van der Waals surface area contributed by atoms with Crippen LogP contribution in [0.4, 0.5) is 5.00 Å². The Labute approximate surface area is 203 Å². The largest absolute Gasteiger partial charge is 0.448 e. The second-order valence-corrected chi connectivity index (χ2v) is 9.65. The van der Waals surface area contributed by atoms with Gasteiger partial charge in [-0.15, -0.1) is 11.3 Å². The number of fused-ring (bicyclic) bond motifs is 1. The van der Waals surface area contributed by atoms with E-state index >= 15 is 0 Å². The Morgan fingerprint density at radius 3 is 2.44 bits per heavy atom. The van der Waals surface area contributed by atoms with E-state index in [1.165, 1.54) is 16.9 Å². The summed E-state index contributed by atoms with van der Waals surface area (Å²) in [5.41, 5.74) is 4.49. The molecule has 3 heterocycles. The van der Waals surface area contributed by atoms with Crippen molar-refractivity contribution in [3.8, 4) is 11.1 Å². The van der Waals surface area contributed by atoms with Crippen molar-refractivity contribution in [3.63, 3.8) is 0 Å². The fraction of sp³-hybridized carbons (Fsp3) is 0.333. The smallest absolute Gasteiger partial charge is 0.349 e. The molecule has 1 saturated heterocycles. The fourth-order valence-corrected chi connectivity index (χ4v) is 5.63. The summed E-state index contributed by atoms with van der Waals surface area (Å²) in [6, 6.07) is 20.1. The molecule has 2 aliphatic heterocycles. The van der Waals surface area contributed by atoms with Crippen LogP contribution in [0, 0.1) is 0 Å². The molecule has 6 nitrogen and oxygen atoms in total. The summed E-state index contributed by atoms with van der Waals surface area (Å²) in [5, 5.41) is 1.04. The Morgan fingerprint density at radius 1 is 0.971 bits per heavy atom. The molecule has 1 aromatic heterocycles. The first kappa shape index (κ1) is 22.6. The lowest BCUT2D eigenvalue weighted by Crippen LogP contribution is -2.42. The monoisotopic (exact) mass is 476 g/mol. The van der Waals surface area contributed by atoms with Gasteiger partial charge in [-0.3, -0.25) is 4.79 Å². The zero-order valence-corrected chi connectivity index (χ0v) is 20.1. The van der Waals surface area contributed by atoms with Crippen molar-refractivity contribution in [3.05, 3.63) is 76.7 Å². The molecule has 1 fully saturated rings. The SMILES string of the molecule is CC(OC(=O)c1cc(-c2ccccc2)c(N2CCOCC2)s1)C(=O)N1CCc2ccccc2C1. The van der Waals surface area contributed by atoms with Gasteiger partial charge < -0.3 is 19.3 Å². The van der Waals surface area contributed by atoms with Gasteiger partial charge in [0.1, 0.15) is 4.88 Å². The first-order valence-corrected chi connectivity index (χ1v) is 12.5. The number of carbonyl (C=O) groups excluding carboxylic acids is 2. The van der Waals surface area contributed by atoms with Crippen LogP contribution < -0.4 is 4.90 Å². The van der Waals surface area contributed by atoms with Crippen molar-refractivity contribution in [2.75, 3.05) is 37.7 Å². The molecule has 0 bridgehead atoms. The number of hydrogen-bond donors (Lipinski definition) is 0. The summed E-state index contributed by atoms with van der Waals surface area (Å²) < 4.78 is 11.2. The topological polar surface area (TPSA) is 59.1 Å². The molecule has 1 unspecified atom stereocenters. The van der Waals surface area contributed by atoms with Crippen LogP contribution in [0.25, 0.3) is 11.1 Å². The van der Waals surface area contributed by atoms with Crippen LogP contribution in [-0.2, 0) is 27.2 Å². The first-order valence-electron chi connectivity index (χ1n) is 11.7. The maximum Gasteiger partial charge on any atom is 0.349 e. The number of nitrogens with zero attached hydrogens (tertiary/aromatic N) is 2. The number of benzene rings is 2. The molecule has 1 amide bonds. The minimum absolute atomic E-state index is 0.156. The highest BCUT2D eigenvalue weighted by molar-refractivity contribution is 7.18. The van der Waals surface area contributed by atoms with Gasteiger partial charge in [0.2, 0.25) is 0 Å². The van der Waals surface area contributed by atoms with E-state index in [0.29, 0.717) is 31.2 Å². The number of hydrogen-bond acceptors (Lipinski definition) is 6. The van der Waals surface area contributed by atoms with E-state index in [1.807, 2.05) is 48.5 Å². The first-order chi connectivity index (χ1) is 16.6. The lowest BCUT2D eigenvalue weighted by atomic mass is 9.99. The number of ether oxygens (including phenoxy) is 2. The summed E-state index contributed by atoms with van der Waals surface area (Å²) in [5.74, 6) is -0.615. The number of thiophene rings is 1. The summed E-state index contributed by atoms with van der Waals surface area (Å²) in [4.78, 5) is 30.7. The maximum atomic E-state index is 13.1. The van der Waals surface area contributed by atoms with Crippen molar-refractivity contribution < 1.29 is 19.1 Å². The van der Waals surface area contributed by atoms with E-state index < -0.39 is 12.1 Å². The van der Waals surface area contributed by atoms with Crippen LogP contribution in [0.5, 0.6) is 0 Å². The Balaban J connectivity index is 1.32. The molecule has 0 saturated carbocycles. The van der Waals surface area contributed by atoms with Gasteiger partial charge in [0.25, 0.3) is 5.91 Å². The number of morpholine rings is 1. The van der Waals surface area contributed by atoms with Crippen LogP contribution in [-0.4, -0.2) is 55.7 Å². The van der Waals surface area contributed by atoms with E-state index in [4.69, 9.17) is 9.47 Å². The van der Waals surface area contributed by atoms with Crippen LogP contribution in [0.3, 0.4) is 0 Å². The minimum atomic E-state index is -0.841. The van der Waals surface area contributed by atoms with E-state index in [2.05, 4.69) is 17.0 Å². The highest BCUT2D eigenvalue weighted by atomic mass is 32.1. The van der Waals surface area contributed by atoms with Crippen molar-refractivity contribution in [1.29, 1.82) is 0 Å². The highest BCUT2D eigenvalue weighted by Gasteiger charge is 2.29. The lowest BCUT2D eigenvalue weighted by Gasteiger charge is -2.30. The fourth-order valence-electron chi connectivity index (χ4n) is 4.52. The molecular weight excluding hydrogens is 448 g/mol. The molecule has 0 radical (unpaired) electrons. The van der Waals surface area contributed by atoms with Gasteiger partial charge in [-0.25, -0.2) is 4.79 Å². The second-order valence-electron chi connectivity index (χ2n) is 8.62. The molecule has 0 spiro atoms. The third-order valence-electron chi connectivity index (χ3n) is 6.37. The third kappa shape index (κ3) is 4.72. The molecule has 0 aliphatic carbocycles. The van der Waals surface area contributed by atoms with E-state index in [9.17, 15) is 9.59 Å². The summed E-state index contributed by atoms with van der Waals surface area (Å²) >= 11 is 1.42. The van der Waals surface area contributed by atoms with Crippen LogP contribution in [0.15, 0.2) is 60.7 Å². The van der Waals surface area contributed by atoms with Crippen molar-refractivity contribution >= 4 is 28.2 Å². The number of carbonyl (C=O) groups is 2. The van der Waals surface area contributed by atoms with E-state index in [0.717, 1.165) is 41.2 Å². The van der Waals surface area contributed by atoms with Gasteiger partial charge in [-0.2, -0.15) is 0 Å². The number of anilines is 1. The quantitative estimate of drug-likeness (QED) is 0.512. The van der Waals surface area contributed by atoms with Gasteiger partial charge in [0.15, 0.2) is 6.10 Å². The summed E-state index contributed by atoms with van der Waals surface area (Å²) in [6.45, 7) is 5.73. The van der Waals surface area contributed by atoms with E-state index in [-0.39, 0.29) is 5.91 Å². The molecule has 3 aromatic rings. The van der Waals surface area contributed by atoms with Gasteiger partial charge in [0, 0.05) is 31.7 Å². The van der Waals surface area contributed by atoms with Gasteiger partial charge >= 0.3 is 5.97 Å². The molecule has 7 heteroatoms. The number of rotatable bonds is 5. The zero-order valence-electron chi connectivity index (χ0n) is 19.2. The van der Waals surface area contributed by atoms with E-state index in [1.54, 1.807) is 11.8 Å². The van der Waals surface area contributed by atoms with Crippen molar-refractivity contribution in [2.24, 2.45) is 0 Å². The average molecular weight is 477 g/mol. The predicted molar refractivity (Wildman–Crippen MR) is 133 cm³/mol. The Kier molecular flexibility index (Phi) is 6.65. The minimum Gasteiger partial charge on any atom is -0.448 e. The second kappa shape index (κ2) is 9.99. The molecule has 34 heavy (non-hydrogen) atoms. The van der Waals surface area contributed by atoms with Crippen molar-refractivity contribution in [2.45, 2.75) is 26.0 Å². The summed E-state index contributed by atoms with van der Waals surface area (Å²) in [6.07, 6.45) is -0.0245. The van der Waals surface area contributed by atoms with Crippen LogP contribution in [0.1, 0.15) is 27.7 Å². The molecule has 2 aromatic carbocycles. The Hall–Kier alpha value is -3.16. The number of esters is 1. The summed E-state index contributed by atoms with van der Waals surface area (Å²) in [7, 11) is 0. The molecular formula is C27H28N2O4S. The molecule has 0 N–H and O–H groups in total. The molecule has 1 atom stereocenters. The zero-order chi connectivity index (χ0) is 23.5. The van der Waals surface area contributed by atoms with Crippen LogP contribution >= 0.6 is 11.3 Å². The lowest BCUT2D eigenvalue weighted by molar-refractivity contribution is -0.140. The molecule has 2 aliphatic rings. The maximum absolute atomic E-state index is 13.1. The normalized spacial score (nSPS) is 16.6. The standard InChI is InChI=1S/C27H28N2O4S/c1-19(25(30)29-12-11-20-7-5-6-10-22(20)18-29)33-27(31)24-17-23(21-8-3-2-4-9-21)26(34-24)28-13-15-32-16-14-28/h2-10,17,19H,11-16,18H2,1H3. The Bertz CT molecular complexity index is 1170. The molecule has 176 valence electrons. The van der Waals surface area contributed by atoms with Crippen molar-refractivity contribution in [1.82, 2.24) is 4.90 Å². The molecule has 5 rings (SSSR count).